The predicted molar refractivity (Wildman–Crippen MR) is 231 cm³/mol. The zero-order valence-electron chi connectivity index (χ0n) is 36.4. The van der Waals surface area contributed by atoms with E-state index in [-0.39, 0.29) is 26.2 Å². The SMILES string of the molecule is CCCCCCCC/C=C/C/C=C/C/C=C/CCCC(=O)O[C@H](CO/C=C/CCCCCCCCCCCCCCCC)COP(=O)([O-])OCC[N+](C)(C)C. The van der Waals surface area contributed by atoms with Gasteiger partial charge in [0.1, 0.15) is 19.8 Å². The number of esters is 1. The van der Waals surface area contributed by atoms with Gasteiger partial charge in [0, 0.05) is 6.42 Å². The zero-order chi connectivity index (χ0) is 40.6. The molecule has 0 fully saturated rings. The Kier molecular flexibility index (Phi) is 37.9. The number of hydrogen-bond donors (Lipinski definition) is 0. The summed E-state index contributed by atoms with van der Waals surface area (Å²) in [5.74, 6) is -0.406. The molecule has 0 aromatic rings. The molecule has 0 aliphatic carbocycles. The van der Waals surface area contributed by atoms with Crippen molar-refractivity contribution < 1.29 is 37.3 Å². The Bertz CT molecular complexity index is 1020. The summed E-state index contributed by atoms with van der Waals surface area (Å²) in [4.78, 5) is 25.0. The number of quaternary nitrogens is 1. The summed E-state index contributed by atoms with van der Waals surface area (Å²) in [6.45, 7) is 4.68. The second-order valence-corrected chi connectivity index (χ2v) is 17.5. The van der Waals surface area contributed by atoms with Gasteiger partial charge in [-0.05, 0) is 57.4 Å². The number of unbranched alkanes of at least 4 members (excludes halogenated alkanes) is 21. The highest BCUT2D eigenvalue weighted by Gasteiger charge is 2.20. The minimum atomic E-state index is -4.55. The Balaban J connectivity index is 4.37. The van der Waals surface area contributed by atoms with Crippen molar-refractivity contribution in [2.75, 3.05) is 47.5 Å². The van der Waals surface area contributed by atoms with Crippen LogP contribution in [0.3, 0.4) is 0 Å². The normalized spacial score (nSPS) is 14.1. The van der Waals surface area contributed by atoms with Gasteiger partial charge in [0.2, 0.25) is 0 Å². The minimum absolute atomic E-state index is 0.000331. The molecule has 0 aromatic heterocycles. The molecule has 55 heavy (non-hydrogen) atoms. The lowest BCUT2D eigenvalue weighted by Crippen LogP contribution is -2.37. The average Bonchev–Trinajstić information content (AvgIpc) is 3.13. The van der Waals surface area contributed by atoms with Gasteiger partial charge in [0.15, 0.2) is 6.10 Å². The maximum absolute atomic E-state index is 12.6. The van der Waals surface area contributed by atoms with Crippen molar-refractivity contribution >= 4 is 13.8 Å². The third-order valence-electron chi connectivity index (χ3n) is 9.45. The minimum Gasteiger partial charge on any atom is -0.756 e. The molecule has 8 nitrogen and oxygen atoms in total. The van der Waals surface area contributed by atoms with Crippen LogP contribution in [0.5, 0.6) is 0 Å². The van der Waals surface area contributed by atoms with Crippen LogP contribution in [0.2, 0.25) is 0 Å². The highest BCUT2D eigenvalue weighted by atomic mass is 31.2. The summed E-state index contributed by atoms with van der Waals surface area (Å²) >= 11 is 0. The van der Waals surface area contributed by atoms with Crippen molar-refractivity contribution in [1.29, 1.82) is 0 Å². The summed E-state index contributed by atoms with van der Waals surface area (Å²) in [6.07, 6.45) is 48.0. The van der Waals surface area contributed by atoms with Crippen LogP contribution >= 0.6 is 7.82 Å². The number of hydrogen-bond acceptors (Lipinski definition) is 7. The van der Waals surface area contributed by atoms with Crippen LogP contribution in [-0.4, -0.2) is 64.1 Å². The number of nitrogens with zero attached hydrogens (tertiary/aromatic N) is 1. The lowest BCUT2D eigenvalue weighted by molar-refractivity contribution is -0.870. The van der Waals surface area contributed by atoms with E-state index in [2.05, 4.69) is 50.3 Å². The second kappa shape index (κ2) is 39.1. The van der Waals surface area contributed by atoms with E-state index in [1.54, 1.807) is 6.26 Å². The largest absolute Gasteiger partial charge is 0.756 e. The lowest BCUT2D eigenvalue weighted by Gasteiger charge is -2.28. The third-order valence-corrected chi connectivity index (χ3v) is 10.4. The van der Waals surface area contributed by atoms with Gasteiger partial charge in [-0.15, -0.1) is 0 Å². The van der Waals surface area contributed by atoms with Crippen LogP contribution in [-0.2, 0) is 27.9 Å². The van der Waals surface area contributed by atoms with Crippen molar-refractivity contribution in [1.82, 2.24) is 0 Å². The fourth-order valence-electron chi connectivity index (χ4n) is 5.94. The number of phosphoric ester groups is 1. The van der Waals surface area contributed by atoms with Crippen LogP contribution in [0.15, 0.2) is 48.8 Å². The van der Waals surface area contributed by atoms with Gasteiger partial charge < -0.3 is 27.9 Å². The van der Waals surface area contributed by atoms with Crippen LogP contribution in [0, 0.1) is 0 Å². The van der Waals surface area contributed by atoms with Crippen molar-refractivity contribution in [2.24, 2.45) is 0 Å². The van der Waals surface area contributed by atoms with Crippen molar-refractivity contribution in [3.63, 3.8) is 0 Å². The third kappa shape index (κ3) is 43.3. The van der Waals surface area contributed by atoms with Gasteiger partial charge in [-0.1, -0.05) is 166 Å². The predicted octanol–water partition coefficient (Wildman–Crippen LogP) is 12.9. The molecule has 9 heteroatoms. The van der Waals surface area contributed by atoms with E-state index in [1.165, 1.54) is 128 Å². The first-order valence-electron chi connectivity index (χ1n) is 22.4. The van der Waals surface area contributed by atoms with E-state index in [4.69, 9.17) is 18.5 Å². The monoisotopic (exact) mass is 796 g/mol. The first kappa shape index (κ1) is 53.3. The van der Waals surface area contributed by atoms with Gasteiger partial charge >= 0.3 is 5.97 Å². The first-order valence-corrected chi connectivity index (χ1v) is 23.9. The Hall–Kier alpha value is -1.70. The number of carbonyl (C=O) groups is 1. The van der Waals surface area contributed by atoms with Crippen LogP contribution in [0.1, 0.15) is 187 Å². The van der Waals surface area contributed by atoms with E-state index in [9.17, 15) is 14.3 Å². The van der Waals surface area contributed by atoms with Gasteiger partial charge in [0.05, 0.1) is 34.0 Å². The van der Waals surface area contributed by atoms with Crippen LogP contribution < -0.4 is 4.89 Å². The van der Waals surface area contributed by atoms with Crippen LogP contribution in [0.4, 0.5) is 0 Å². The van der Waals surface area contributed by atoms with Crippen LogP contribution in [0.25, 0.3) is 0 Å². The fourth-order valence-corrected chi connectivity index (χ4v) is 6.67. The number of phosphoric acid groups is 1. The molecule has 1 unspecified atom stereocenters. The van der Waals surface area contributed by atoms with E-state index in [0.717, 1.165) is 32.1 Å². The topological polar surface area (TPSA) is 94.1 Å². The van der Waals surface area contributed by atoms with Gasteiger partial charge in [-0.2, -0.15) is 0 Å². The number of ether oxygens (including phenoxy) is 2. The Morgan fingerprint density at radius 2 is 1.02 bits per heavy atom. The van der Waals surface area contributed by atoms with Crippen molar-refractivity contribution in [3.05, 3.63) is 48.8 Å². The van der Waals surface area contributed by atoms with E-state index in [0.29, 0.717) is 17.4 Å². The number of likely N-dealkylation sites (N-methyl/N-ethyl adjacent to an activating group) is 1. The molecule has 322 valence electrons. The standard InChI is InChI=1S/C46H86NO7P/c1-6-8-10-12-14-16-18-20-22-24-25-27-29-31-33-35-37-39-46(48)54-45(44-53-55(49,50)52-42-40-47(3,4)5)43-51-41-38-36-34-32-30-28-26-23-21-19-17-15-13-11-9-7-2/h20,22,25,27,31,33,38,41,45H,6-19,21,23-24,26,28-30,32,34-37,39-40,42-44H2,1-5H3/b22-20+,27-25+,33-31+,41-38+/t45-/m1/s1. The summed E-state index contributed by atoms with van der Waals surface area (Å²) < 4.78 is 34.3. The quantitative estimate of drug-likeness (QED) is 0.0152. The maximum atomic E-state index is 12.6. The molecular weight excluding hydrogens is 709 g/mol. The second-order valence-electron chi connectivity index (χ2n) is 16.1. The molecule has 0 aliphatic heterocycles. The molecule has 2 atom stereocenters. The molecule has 0 saturated carbocycles. The van der Waals surface area contributed by atoms with E-state index in [1.807, 2.05) is 27.2 Å². The molecule has 0 amide bonds. The van der Waals surface area contributed by atoms with Gasteiger partial charge in [-0.3, -0.25) is 9.36 Å². The average molecular weight is 796 g/mol. The molecule has 0 rings (SSSR count). The highest BCUT2D eigenvalue weighted by molar-refractivity contribution is 7.45. The van der Waals surface area contributed by atoms with Crippen molar-refractivity contribution in [3.8, 4) is 0 Å². The van der Waals surface area contributed by atoms with E-state index >= 15 is 0 Å². The molecule has 0 spiro atoms. The molecule has 0 heterocycles. The zero-order valence-corrected chi connectivity index (χ0v) is 37.3. The summed E-state index contributed by atoms with van der Waals surface area (Å²) in [7, 11) is 1.29. The molecule has 0 aliphatic rings. The molecule has 0 saturated heterocycles. The van der Waals surface area contributed by atoms with E-state index < -0.39 is 19.9 Å². The molecular formula is C46H86NO7P. The van der Waals surface area contributed by atoms with Gasteiger partial charge in [0.25, 0.3) is 7.82 Å². The van der Waals surface area contributed by atoms with Gasteiger partial charge in [-0.25, -0.2) is 0 Å². The number of rotatable bonds is 41. The summed E-state index contributed by atoms with van der Waals surface area (Å²) in [5, 5.41) is 0. The molecule has 0 bridgehead atoms. The molecule has 0 radical (unpaired) electrons. The first-order chi connectivity index (χ1) is 26.6. The summed E-state index contributed by atoms with van der Waals surface area (Å²) in [6, 6.07) is 0. The Labute approximate surface area is 339 Å². The van der Waals surface area contributed by atoms with Crippen molar-refractivity contribution in [2.45, 2.75) is 193 Å². The Morgan fingerprint density at radius 3 is 1.51 bits per heavy atom. The number of allylic oxidation sites excluding steroid dienone is 7. The molecule has 0 aromatic carbocycles. The lowest BCUT2D eigenvalue weighted by atomic mass is 10.0. The fraction of sp³-hybridized carbons (Fsp3) is 0.804. The number of carbonyl (C=O) groups excluding carboxylic acids is 1. The Morgan fingerprint density at radius 1 is 0.582 bits per heavy atom. The summed E-state index contributed by atoms with van der Waals surface area (Å²) in [5.41, 5.74) is 0. The molecule has 0 N–H and O–H groups in total. The smallest absolute Gasteiger partial charge is 0.306 e. The maximum Gasteiger partial charge on any atom is 0.306 e. The highest BCUT2D eigenvalue weighted by Crippen LogP contribution is 2.38.